The molecule has 0 aromatic rings. The predicted molar refractivity (Wildman–Crippen MR) is 84.9 cm³/mol. The molecule has 130 valence electrons. The van der Waals surface area contributed by atoms with E-state index in [1.54, 1.807) is 0 Å². The summed E-state index contributed by atoms with van der Waals surface area (Å²) < 4.78 is 11.3. The van der Waals surface area contributed by atoms with Gasteiger partial charge in [-0.3, -0.25) is 9.59 Å². The number of likely N-dealkylation sites (tertiary alicyclic amines) is 2. The fraction of sp³-hybridized carbons (Fsp3) is 0.882. The number of ether oxygens (including phenoxy) is 2. The van der Waals surface area contributed by atoms with Crippen LogP contribution in [0.4, 0.5) is 0 Å². The van der Waals surface area contributed by atoms with Crippen LogP contribution in [0.15, 0.2) is 0 Å². The first-order valence-corrected chi connectivity index (χ1v) is 8.89. The van der Waals surface area contributed by atoms with E-state index >= 15 is 0 Å². The average molecular weight is 324 g/mol. The zero-order valence-corrected chi connectivity index (χ0v) is 14.1. The molecule has 0 aliphatic carbocycles. The Morgan fingerprint density at radius 1 is 1.39 bits per heavy atom. The smallest absolute Gasteiger partial charge is 0.248 e. The van der Waals surface area contributed by atoms with Gasteiger partial charge in [0.25, 0.3) is 0 Å². The second kappa shape index (κ2) is 7.18. The highest BCUT2D eigenvalue weighted by atomic mass is 16.5. The summed E-state index contributed by atoms with van der Waals surface area (Å²) in [5, 5.41) is 0. The Morgan fingerprint density at radius 2 is 2.22 bits per heavy atom. The van der Waals surface area contributed by atoms with Gasteiger partial charge in [-0.05, 0) is 32.6 Å². The molecule has 6 heteroatoms. The van der Waals surface area contributed by atoms with Crippen LogP contribution in [0.3, 0.4) is 0 Å². The third-order valence-corrected chi connectivity index (χ3v) is 5.27. The fourth-order valence-corrected chi connectivity index (χ4v) is 3.78. The van der Waals surface area contributed by atoms with Crippen LogP contribution in [0, 0.1) is 5.92 Å². The SMILES string of the molecule is CCOCC(=O)N1CC2(CC[C@H](CN3CCCCC3=O)CO2)C1. The molecular weight excluding hydrogens is 296 g/mol. The highest BCUT2D eigenvalue weighted by molar-refractivity contribution is 5.78. The van der Waals surface area contributed by atoms with Gasteiger partial charge in [0.15, 0.2) is 0 Å². The molecule has 3 aliphatic heterocycles. The molecular formula is C17H28N2O4. The number of hydrogen-bond donors (Lipinski definition) is 0. The van der Waals surface area contributed by atoms with Gasteiger partial charge in [-0.2, -0.15) is 0 Å². The van der Waals surface area contributed by atoms with E-state index in [4.69, 9.17) is 9.47 Å². The summed E-state index contributed by atoms with van der Waals surface area (Å²) in [4.78, 5) is 27.6. The molecule has 1 atom stereocenters. The lowest BCUT2D eigenvalue weighted by Gasteiger charge is -2.53. The molecule has 0 aromatic heterocycles. The van der Waals surface area contributed by atoms with Crippen molar-refractivity contribution in [3.63, 3.8) is 0 Å². The first kappa shape index (κ1) is 16.7. The summed E-state index contributed by atoms with van der Waals surface area (Å²) >= 11 is 0. The molecule has 3 aliphatic rings. The number of carbonyl (C=O) groups excluding carboxylic acids is 2. The average Bonchev–Trinajstić information content (AvgIpc) is 2.53. The van der Waals surface area contributed by atoms with E-state index < -0.39 is 0 Å². The summed E-state index contributed by atoms with van der Waals surface area (Å²) in [6.07, 6.45) is 4.93. The molecule has 3 heterocycles. The van der Waals surface area contributed by atoms with Crippen LogP contribution in [0.25, 0.3) is 0 Å². The van der Waals surface area contributed by atoms with Gasteiger partial charge in [0.05, 0.1) is 19.7 Å². The molecule has 1 spiro atoms. The molecule has 6 nitrogen and oxygen atoms in total. The van der Waals surface area contributed by atoms with Crippen LogP contribution in [0.5, 0.6) is 0 Å². The highest BCUT2D eigenvalue weighted by Gasteiger charge is 2.48. The first-order chi connectivity index (χ1) is 11.1. The lowest BCUT2D eigenvalue weighted by Crippen LogP contribution is -2.67. The molecule has 0 saturated carbocycles. The van der Waals surface area contributed by atoms with Crippen LogP contribution in [0.2, 0.25) is 0 Å². The summed E-state index contributed by atoms with van der Waals surface area (Å²) in [5.74, 6) is 0.797. The van der Waals surface area contributed by atoms with Crippen molar-refractivity contribution >= 4 is 11.8 Å². The number of hydrogen-bond acceptors (Lipinski definition) is 4. The minimum atomic E-state index is -0.135. The predicted octanol–water partition coefficient (Wildman–Crippen LogP) is 1.04. The minimum Gasteiger partial charge on any atom is -0.372 e. The fourth-order valence-electron chi connectivity index (χ4n) is 3.78. The lowest BCUT2D eigenvalue weighted by molar-refractivity contribution is -0.192. The molecule has 0 radical (unpaired) electrons. The zero-order valence-electron chi connectivity index (χ0n) is 14.1. The Kier molecular flexibility index (Phi) is 5.21. The number of nitrogens with zero attached hydrogens (tertiary/aromatic N) is 2. The second-order valence-electron chi connectivity index (χ2n) is 7.08. The molecule has 3 fully saturated rings. The summed E-state index contributed by atoms with van der Waals surface area (Å²) in [5.41, 5.74) is -0.135. The van der Waals surface area contributed by atoms with E-state index in [-0.39, 0.29) is 18.1 Å². The van der Waals surface area contributed by atoms with Crippen molar-refractivity contribution in [2.45, 2.75) is 44.6 Å². The van der Waals surface area contributed by atoms with E-state index in [1.807, 2.05) is 16.7 Å². The van der Waals surface area contributed by atoms with Gasteiger partial charge >= 0.3 is 0 Å². The highest BCUT2D eigenvalue weighted by Crippen LogP contribution is 2.36. The van der Waals surface area contributed by atoms with E-state index in [2.05, 4.69) is 0 Å². The summed E-state index contributed by atoms with van der Waals surface area (Å²) in [6, 6.07) is 0. The third-order valence-electron chi connectivity index (χ3n) is 5.27. The molecule has 0 bridgehead atoms. The number of piperidine rings is 1. The summed E-state index contributed by atoms with van der Waals surface area (Å²) in [7, 11) is 0. The monoisotopic (exact) mass is 324 g/mol. The van der Waals surface area contributed by atoms with Crippen LogP contribution in [-0.4, -0.2) is 73.2 Å². The Labute approximate surface area is 138 Å². The van der Waals surface area contributed by atoms with E-state index in [0.29, 0.717) is 44.5 Å². The largest absolute Gasteiger partial charge is 0.372 e. The van der Waals surface area contributed by atoms with Crippen molar-refractivity contribution in [2.24, 2.45) is 5.92 Å². The number of rotatable bonds is 5. The zero-order chi connectivity index (χ0) is 16.3. The first-order valence-electron chi connectivity index (χ1n) is 8.89. The topological polar surface area (TPSA) is 59.1 Å². The van der Waals surface area contributed by atoms with Crippen LogP contribution in [0.1, 0.15) is 39.0 Å². The van der Waals surface area contributed by atoms with Crippen molar-refractivity contribution in [1.29, 1.82) is 0 Å². The number of carbonyl (C=O) groups is 2. The standard InChI is InChI=1S/C17H28N2O4/c1-2-22-11-16(21)19-12-17(13-19)7-6-14(10-23-17)9-18-8-4-3-5-15(18)20/h14H,2-13H2,1H3/t14-/m1/s1. The molecule has 0 N–H and O–H groups in total. The maximum absolute atomic E-state index is 11.9. The Bertz CT molecular complexity index is 438. The van der Waals surface area contributed by atoms with Crippen LogP contribution in [-0.2, 0) is 19.1 Å². The number of amides is 2. The van der Waals surface area contributed by atoms with Crippen LogP contribution < -0.4 is 0 Å². The van der Waals surface area contributed by atoms with Gasteiger partial charge in [0, 0.05) is 32.0 Å². The molecule has 3 rings (SSSR count). The Hall–Kier alpha value is -1.14. The van der Waals surface area contributed by atoms with Crippen molar-refractivity contribution in [2.75, 3.05) is 46.0 Å². The van der Waals surface area contributed by atoms with Crippen molar-refractivity contribution in [3.05, 3.63) is 0 Å². The molecule has 2 amide bonds. The van der Waals surface area contributed by atoms with Gasteiger partial charge in [-0.1, -0.05) is 0 Å². The molecule has 0 aromatic carbocycles. The van der Waals surface area contributed by atoms with Crippen LogP contribution >= 0.6 is 0 Å². The van der Waals surface area contributed by atoms with Crippen molar-refractivity contribution in [3.8, 4) is 0 Å². The maximum Gasteiger partial charge on any atom is 0.248 e. The van der Waals surface area contributed by atoms with Gasteiger partial charge in [0.1, 0.15) is 12.2 Å². The molecule has 3 saturated heterocycles. The normalized spacial score (nSPS) is 27.2. The lowest BCUT2D eigenvalue weighted by atomic mass is 9.82. The van der Waals surface area contributed by atoms with E-state index in [1.165, 1.54) is 0 Å². The van der Waals surface area contributed by atoms with Gasteiger partial charge in [-0.15, -0.1) is 0 Å². The molecule has 0 unspecified atom stereocenters. The molecule has 23 heavy (non-hydrogen) atoms. The third kappa shape index (κ3) is 3.86. The summed E-state index contributed by atoms with van der Waals surface area (Å²) in [6.45, 7) is 6.45. The maximum atomic E-state index is 11.9. The van der Waals surface area contributed by atoms with Crippen molar-refractivity contribution < 1.29 is 19.1 Å². The van der Waals surface area contributed by atoms with Gasteiger partial charge in [0.2, 0.25) is 11.8 Å². The van der Waals surface area contributed by atoms with Gasteiger partial charge < -0.3 is 19.3 Å². The minimum absolute atomic E-state index is 0.0575. The van der Waals surface area contributed by atoms with Gasteiger partial charge in [-0.25, -0.2) is 0 Å². The Morgan fingerprint density at radius 3 is 2.87 bits per heavy atom. The Balaban J connectivity index is 1.39. The second-order valence-corrected chi connectivity index (χ2v) is 7.08. The van der Waals surface area contributed by atoms with E-state index in [9.17, 15) is 9.59 Å². The van der Waals surface area contributed by atoms with E-state index in [0.717, 1.165) is 38.8 Å². The quantitative estimate of drug-likeness (QED) is 0.758. The van der Waals surface area contributed by atoms with Crippen molar-refractivity contribution in [1.82, 2.24) is 9.80 Å².